The summed E-state index contributed by atoms with van der Waals surface area (Å²) in [6.07, 6.45) is 5.54. The molecule has 3 aromatic carbocycles. The van der Waals surface area contributed by atoms with Gasteiger partial charge in [0, 0.05) is 23.6 Å². The number of carbonyl (C=O) groups is 1. The molecule has 0 spiro atoms. The number of hydrogen-bond donors (Lipinski definition) is 6. The second-order valence-electron chi connectivity index (χ2n) is 10.8. The van der Waals surface area contributed by atoms with Gasteiger partial charge in [0.15, 0.2) is 0 Å². The maximum atomic E-state index is 11.6. The molecule has 10 heteroatoms. The second-order valence-corrected chi connectivity index (χ2v) is 11.2. The van der Waals surface area contributed by atoms with Gasteiger partial charge in [0.1, 0.15) is 11.5 Å². The van der Waals surface area contributed by atoms with Crippen molar-refractivity contribution < 1.29 is 24.9 Å². The fourth-order valence-corrected chi connectivity index (χ4v) is 5.58. The number of H-pyrrole nitrogens is 1. The molecule has 2 atom stereocenters. The van der Waals surface area contributed by atoms with E-state index in [9.17, 15) is 24.9 Å². The maximum absolute atomic E-state index is 11.6. The van der Waals surface area contributed by atoms with Crippen molar-refractivity contribution in [2.75, 3.05) is 19.7 Å². The molecule has 4 rings (SSSR count). The predicted octanol–water partition coefficient (Wildman–Crippen LogP) is 6.68. The Morgan fingerprint density at radius 2 is 1.59 bits per heavy atom. The molecule has 0 aliphatic rings. The van der Waals surface area contributed by atoms with Crippen LogP contribution < -0.4 is 20.9 Å². The number of hydrogen-bond acceptors (Lipinski definition) is 6. The van der Waals surface area contributed by atoms with E-state index in [0.29, 0.717) is 46.0 Å². The van der Waals surface area contributed by atoms with Gasteiger partial charge in [0.2, 0.25) is 5.56 Å². The van der Waals surface area contributed by atoms with Gasteiger partial charge >= 0.3 is 6.09 Å². The first-order chi connectivity index (χ1) is 21.3. The van der Waals surface area contributed by atoms with E-state index in [2.05, 4.69) is 15.6 Å². The van der Waals surface area contributed by atoms with E-state index in [1.54, 1.807) is 18.2 Å². The lowest BCUT2D eigenvalue weighted by Crippen LogP contribution is -2.27. The Hall–Kier alpha value is -4.05. The van der Waals surface area contributed by atoms with Gasteiger partial charge in [-0.3, -0.25) is 4.79 Å². The Kier molecular flexibility index (Phi) is 12.5. The zero-order valence-electron chi connectivity index (χ0n) is 24.6. The molecule has 4 aromatic rings. The standard InChI is InChI=1S/C34H40ClN3O6/c35-31-26(32(38-34(42)43)23-12-7-6-8-13-23)14-11-15-29(31)44-21-10-5-3-1-2-4-9-20-36-22-28(40)24-16-18-27(39)33-25(24)17-19-30(41)37-33/h6-8,11-19,28,32,36,38-40H,1-5,9-10,20-22H2,(H,37,41)(H,42,43)/t28-,32?/m1/s1. The van der Waals surface area contributed by atoms with E-state index in [1.807, 2.05) is 42.5 Å². The smallest absolute Gasteiger partial charge is 0.405 e. The normalized spacial score (nSPS) is 12.6. The molecular formula is C34H40ClN3O6. The van der Waals surface area contributed by atoms with E-state index in [1.165, 1.54) is 12.1 Å². The summed E-state index contributed by atoms with van der Waals surface area (Å²) >= 11 is 6.66. The highest BCUT2D eigenvalue weighted by Crippen LogP contribution is 2.35. The van der Waals surface area contributed by atoms with Gasteiger partial charge in [-0.1, -0.05) is 92.2 Å². The highest BCUT2D eigenvalue weighted by atomic mass is 35.5. The number of rotatable bonds is 17. The van der Waals surface area contributed by atoms with Crippen LogP contribution in [-0.4, -0.2) is 46.1 Å². The van der Waals surface area contributed by atoms with Crippen LogP contribution in [0.25, 0.3) is 10.9 Å². The number of nitrogens with one attached hydrogen (secondary N) is 3. The molecule has 9 nitrogen and oxygen atoms in total. The molecule has 0 saturated carbocycles. The van der Waals surface area contributed by atoms with Gasteiger partial charge in [0.05, 0.1) is 29.3 Å². The molecule has 44 heavy (non-hydrogen) atoms. The Morgan fingerprint density at radius 1 is 0.864 bits per heavy atom. The molecule has 0 saturated heterocycles. The van der Waals surface area contributed by atoms with Gasteiger partial charge in [-0.05, 0) is 48.7 Å². The lowest BCUT2D eigenvalue weighted by atomic mass is 9.98. The molecule has 1 aromatic heterocycles. The van der Waals surface area contributed by atoms with Gasteiger partial charge in [0.25, 0.3) is 0 Å². The fraction of sp³-hybridized carbons (Fsp3) is 0.353. The van der Waals surface area contributed by atoms with Crippen LogP contribution in [-0.2, 0) is 0 Å². The van der Waals surface area contributed by atoms with Crippen LogP contribution >= 0.6 is 11.6 Å². The molecule has 1 amide bonds. The zero-order valence-corrected chi connectivity index (χ0v) is 25.4. The number of ether oxygens (including phenoxy) is 1. The van der Waals surface area contributed by atoms with E-state index in [-0.39, 0.29) is 11.3 Å². The summed E-state index contributed by atoms with van der Waals surface area (Å²) < 4.78 is 5.96. The van der Waals surface area contributed by atoms with E-state index in [0.717, 1.165) is 57.1 Å². The molecule has 0 radical (unpaired) electrons. The zero-order chi connectivity index (χ0) is 31.3. The maximum Gasteiger partial charge on any atom is 0.405 e. The largest absolute Gasteiger partial charge is 0.506 e. The van der Waals surface area contributed by atoms with Crippen molar-refractivity contribution in [1.29, 1.82) is 0 Å². The third-order valence-corrected chi connectivity index (χ3v) is 7.97. The van der Waals surface area contributed by atoms with Crippen molar-refractivity contribution in [3.63, 3.8) is 0 Å². The molecule has 1 unspecified atom stereocenters. The van der Waals surface area contributed by atoms with Gasteiger partial charge in [-0.25, -0.2) is 4.79 Å². The number of phenols is 1. The fourth-order valence-electron chi connectivity index (χ4n) is 5.29. The summed E-state index contributed by atoms with van der Waals surface area (Å²) in [5.41, 5.74) is 2.13. The number of pyridine rings is 1. The average Bonchev–Trinajstić information content (AvgIpc) is 3.02. The molecule has 1 heterocycles. The van der Waals surface area contributed by atoms with Crippen LogP contribution in [0.15, 0.2) is 77.6 Å². The summed E-state index contributed by atoms with van der Waals surface area (Å²) in [6, 6.07) is 20.3. The minimum absolute atomic E-state index is 0.0201. The molecule has 0 fully saturated rings. The second kappa shape index (κ2) is 16.7. The number of fused-ring (bicyclic) bond motifs is 1. The Labute approximate surface area is 261 Å². The lowest BCUT2D eigenvalue weighted by molar-refractivity contribution is 0.176. The third kappa shape index (κ3) is 9.22. The van der Waals surface area contributed by atoms with Crippen molar-refractivity contribution in [3.05, 3.63) is 105 Å². The van der Waals surface area contributed by atoms with Gasteiger partial charge in [-0.15, -0.1) is 0 Å². The number of aliphatic hydroxyl groups is 1. The van der Waals surface area contributed by atoms with Crippen LogP contribution in [0.1, 0.15) is 73.8 Å². The van der Waals surface area contributed by atoms with E-state index < -0.39 is 18.2 Å². The Bertz CT molecular complexity index is 1560. The number of halogens is 1. The molecule has 0 aliphatic heterocycles. The van der Waals surface area contributed by atoms with Crippen LogP contribution in [0.2, 0.25) is 5.02 Å². The molecule has 234 valence electrons. The summed E-state index contributed by atoms with van der Waals surface area (Å²) in [4.78, 5) is 25.7. The minimum Gasteiger partial charge on any atom is -0.506 e. The monoisotopic (exact) mass is 621 g/mol. The average molecular weight is 622 g/mol. The van der Waals surface area contributed by atoms with E-state index in [4.69, 9.17) is 16.3 Å². The van der Waals surface area contributed by atoms with Crippen LogP contribution in [0.3, 0.4) is 0 Å². The summed E-state index contributed by atoms with van der Waals surface area (Å²) in [5, 5.41) is 36.9. The number of aliphatic hydroxyl groups excluding tert-OH is 1. The number of aromatic nitrogens is 1. The molecule has 6 N–H and O–H groups in total. The molecule has 0 aliphatic carbocycles. The lowest BCUT2D eigenvalue weighted by Gasteiger charge is -2.20. The minimum atomic E-state index is -1.13. The SMILES string of the molecule is O=C(O)NC(c1ccccc1)c1cccc(OCCCCCCCCCNC[C@@H](O)c2ccc(O)c3[nH]c(=O)ccc23)c1Cl. The highest BCUT2D eigenvalue weighted by molar-refractivity contribution is 6.33. The first kappa shape index (κ1) is 32.9. The Balaban J connectivity index is 1.10. The number of aromatic hydroxyl groups is 1. The summed E-state index contributed by atoms with van der Waals surface area (Å²) in [5.74, 6) is 0.525. The van der Waals surface area contributed by atoms with Crippen LogP contribution in [0.4, 0.5) is 4.79 Å². The topological polar surface area (TPSA) is 144 Å². The first-order valence-corrected chi connectivity index (χ1v) is 15.4. The number of benzene rings is 3. The summed E-state index contributed by atoms with van der Waals surface area (Å²) in [7, 11) is 0. The van der Waals surface area contributed by atoms with Gasteiger partial charge < -0.3 is 35.7 Å². The first-order valence-electron chi connectivity index (χ1n) is 15.0. The molecular weight excluding hydrogens is 582 g/mol. The highest BCUT2D eigenvalue weighted by Gasteiger charge is 2.21. The predicted molar refractivity (Wildman–Crippen MR) is 173 cm³/mol. The number of amides is 1. The van der Waals surface area contributed by atoms with E-state index >= 15 is 0 Å². The van der Waals surface area contributed by atoms with Crippen molar-refractivity contribution in [2.45, 2.75) is 57.1 Å². The van der Waals surface area contributed by atoms with Crippen molar-refractivity contribution in [3.8, 4) is 11.5 Å². The quantitative estimate of drug-likeness (QED) is 0.0722. The van der Waals surface area contributed by atoms with Crippen molar-refractivity contribution >= 4 is 28.6 Å². The van der Waals surface area contributed by atoms with Crippen LogP contribution in [0.5, 0.6) is 11.5 Å². The number of carboxylic acid groups (broad SMARTS) is 1. The molecule has 0 bridgehead atoms. The Morgan fingerprint density at radius 3 is 2.34 bits per heavy atom. The van der Waals surface area contributed by atoms with Crippen molar-refractivity contribution in [2.24, 2.45) is 0 Å². The van der Waals surface area contributed by atoms with Crippen molar-refractivity contribution in [1.82, 2.24) is 15.6 Å². The van der Waals surface area contributed by atoms with Crippen LogP contribution in [0, 0.1) is 0 Å². The number of phenolic OH excluding ortho intramolecular Hbond substituents is 1. The third-order valence-electron chi connectivity index (χ3n) is 7.56. The summed E-state index contributed by atoms with van der Waals surface area (Å²) in [6.45, 7) is 1.71. The van der Waals surface area contributed by atoms with Gasteiger partial charge in [-0.2, -0.15) is 0 Å². The number of aromatic amines is 1. The number of unbranched alkanes of at least 4 members (excludes halogenated alkanes) is 6.